The van der Waals surface area contributed by atoms with Crippen LogP contribution in [-0.2, 0) is 11.0 Å². The molecule has 0 bridgehead atoms. The van der Waals surface area contributed by atoms with Gasteiger partial charge in [-0.1, -0.05) is 11.6 Å². The third-order valence-electron chi connectivity index (χ3n) is 2.90. The van der Waals surface area contributed by atoms with E-state index in [4.69, 9.17) is 16.7 Å². The second-order valence-electron chi connectivity index (χ2n) is 5.11. The van der Waals surface area contributed by atoms with E-state index in [9.17, 15) is 18.0 Å². The van der Waals surface area contributed by atoms with Crippen molar-refractivity contribution in [1.29, 1.82) is 0 Å². The zero-order valence-corrected chi connectivity index (χ0v) is 13.0. The molecular formula is C14H18ClF3N2O2. The van der Waals surface area contributed by atoms with Gasteiger partial charge in [-0.2, -0.15) is 13.2 Å². The van der Waals surface area contributed by atoms with Crippen molar-refractivity contribution in [3.63, 3.8) is 0 Å². The molecule has 124 valence electrons. The maximum Gasteiger partial charge on any atom is 0.418 e. The lowest BCUT2D eigenvalue weighted by molar-refractivity contribution is -0.137. The Morgan fingerprint density at radius 1 is 1.45 bits per heavy atom. The Labute approximate surface area is 131 Å². The summed E-state index contributed by atoms with van der Waals surface area (Å²) in [5, 5.41) is 11.3. The van der Waals surface area contributed by atoms with Gasteiger partial charge in [-0.3, -0.25) is 9.69 Å². The monoisotopic (exact) mass is 338 g/mol. The molecule has 1 atom stereocenters. The van der Waals surface area contributed by atoms with Crippen molar-refractivity contribution in [3.8, 4) is 0 Å². The number of nitrogens with zero attached hydrogens (tertiary/aromatic N) is 1. The van der Waals surface area contributed by atoms with Crippen LogP contribution >= 0.6 is 11.6 Å². The summed E-state index contributed by atoms with van der Waals surface area (Å²) in [7, 11) is 1.65. The number of carbonyl (C=O) groups excluding carboxylic acids is 1. The van der Waals surface area contributed by atoms with E-state index < -0.39 is 23.8 Å². The van der Waals surface area contributed by atoms with Gasteiger partial charge in [0, 0.05) is 11.6 Å². The van der Waals surface area contributed by atoms with Gasteiger partial charge in [0.05, 0.1) is 23.9 Å². The Morgan fingerprint density at radius 2 is 2.09 bits per heavy atom. The number of aliphatic hydroxyl groups is 1. The number of carbonyl (C=O) groups is 1. The number of halogens is 4. The number of hydrogen-bond donors (Lipinski definition) is 2. The van der Waals surface area contributed by atoms with Gasteiger partial charge in [-0.25, -0.2) is 0 Å². The van der Waals surface area contributed by atoms with Crippen LogP contribution < -0.4 is 5.32 Å². The highest BCUT2D eigenvalue weighted by Crippen LogP contribution is 2.36. The van der Waals surface area contributed by atoms with Crippen molar-refractivity contribution in [2.75, 3.05) is 25.5 Å². The highest BCUT2D eigenvalue weighted by atomic mass is 35.5. The van der Waals surface area contributed by atoms with Crippen LogP contribution in [0.5, 0.6) is 0 Å². The molecule has 8 heteroatoms. The molecule has 0 radical (unpaired) electrons. The Morgan fingerprint density at radius 3 is 2.64 bits per heavy atom. The van der Waals surface area contributed by atoms with Crippen molar-refractivity contribution in [3.05, 3.63) is 28.8 Å². The molecule has 0 aliphatic carbocycles. The molecule has 1 aromatic rings. The van der Waals surface area contributed by atoms with Crippen LogP contribution in [0, 0.1) is 0 Å². The van der Waals surface area contributed by atoms with Crippen LogP contribution in [0.2, 0.25) is 5.02 Å². The largest absolute Gasteiger partial charge is 0.418 e. The van der Waals surface area contributed by atoms with E-state index in [1.807, 2.05) is 0 Å². The summed E-state index contributed by atoms with van der Waals surface area (Å²) in [6.45, 7) is 2.00. The SMILES string of the molecule is CC(O)CCN(C)CC(=O)Nc1ccc(Cl)cc1C(F)(F)F. The second-order valence-corrected chi connectivity index (χ2v) is 5.55. The van der Waals surface area contributed by atoms with E-state index in [2.05, 4.69) is 5.32 Å². The molecule has 1 aromatic carbocycles. The lowest BCUT2D eigenvalue weighted by Crippen LogP contribution is -2.32. The quantitative estimate of drug-likeness (QED) is 0.838. The Kier molecular flexibility index (Phi) is 6.65. The molecule has 0 spiro atoms. The normalized spacial score (nSPS) is 13.3. The molecule has 1 rings (SSSR count). The van der Waals surface area contributed by atoms with Gasteiger partial charge in [-0.15, -0.1) is 0 Å². The Hall–Kier alpha value is -1.31. The number of rotatable bonds is 6. The van der Waals surface area contributed by atoms with E-state index >= 15 is 0 Å². The van der Waals surface area contributed by atoms with Crippen LogP contribution in [0.25, 0.3) is 0 Å². The molecule has 1 unspecified atom stereocenters. The summed E-state index contributed by atoms with van der Waals surface area (Å²) in [4.78, 5) is 13.4. The van der Waals surface area contributed by atoms with E-state index in [0.717, 1.165) is 12.1 Å². The Bertz CT molecular complexity index is 521. The fraction of sp³-hybridized carbons (Fsp3) is 0.500. The van der Waals surface area contributed by atoms with Crippen LogP contribution in [0.15, 0.2) is 18.2 Å². The standard InChI is InChI=1S/C14H18ClF3N2O2/c1-9(21)5-6-20(2)8-13(22)19-12-4-3-10(15)7-11(12)14(16,17)18/h3-4,7,9,21H,5-6,8H2,1-2H3,(H,19,22). The third-order valence-corrected chi connectivity index (χ3v) is 3.14. The number of hydrogen-bond acceptors (Lipinski definition) is 3. The first-order valence-electron chi connectivity index (χ1n) is 6.63. The molecule has 0 fully saturated rings. The smallest absolute Gasteiger partial charge is 0.393 e. The fourth-order valence-corrected chi connectivity index (χ4v) is 1.95. The van der Waals surface area contributed by atoms with Crippen molar-refractivity contribution in [2.45, 2.75) is 25.6 Å². The molecule has 0 heterocycles. The molecular weight excluding hydrogens is 321 g/mol. The highest BCUT2D eigenvalue weighted by molar-refractivity contribution is 6.30. The summed E-state index contributed by atoms with van der Waals surface area (Å²) < 4.78 is 38.7. The maximum atomic E-state index is 12.9. The van der Waals surface area contributed by atoms with Gasteiger partial charge < -0.3 is 10.4 Å². The van der Waals surface area contributed by atoms with Gasteiger partial charge in [0.25, 0.3) is 0 Å². The maximum absolute atomic E-state index is 12.9. The number of aliphatic hydroxyl groups excluding tert-OH is 1. The number of benzene rings is 1. The minimum Gasteiger partial charge on any atom is -0.393 e. The molecule has 0 saturated carbocycles. The Balaban J connectivity index is 2.72. The van der Waals surface area contributed by atoms with Crippen molar-refractivity contribution in [1.82, 2.24) is 4.90 Å². The molecule has 0 aromatic heterocycles. The topological polar surface area (TPSA) is 52.6 Å². The van der Waals surface area contributed by atoms with Crippen LogP contribution in [0.4, 0.5) is 18.9 Å². The second kappa shape index (κ2) is 7.80. The van der Waals surface area contributed by atoms with E-state index in [1.54, 1.807) is 18.9 Å². The zero-order chi connectivity index (χ0) is 16.9. The summed E-state index contributed by atoms with van der Waals surface area (Å²) in [5.41, 5.74) is -1.31. The molecule has 2 N–H and O–H groups in total. The van der Waals surface area contributed by atoms with Gasteiger partial charge in [-0.05, 0) is 38.6 Å². The van der Waals surface area contributed by atoms with E-state index in [-0.39, 0.29) is 17.3 Å². The third kappa shape index (κ3) is 6.21. The summed E-state index contributed by atoms with van der Waals surface area (Å²) in [5.74, 6) is -0.569. The number of alkyl halides is 3. The van der Waals surface area contributed by atoms with Crippen molar-refractivity contribution >= 4 is 23.2 Å². The minimum atomic E-state index is -4.61. The van der Waals surface area contributed by atoms with Gasteiger partial charge in [0.15, 0.2) is 0 Å². The summed E-state index contributed by atoms with van der Waals surface area (Å²) in [6.07, 6.45) is -4.64. The predicted octanol–water partition coefficient (Wildman–Crippen LogP) is 3.00. The highest BCUT2D eigenvalue weighted by Gasteiger charge is 2.34. The first-order valence-corrected chi connectivity index (χ1v) is 7.00. The number of anilines is 1. The van der Waals surface area contributed by atoms with E-state index in [0.29, 0.717) is 13.0 Å². The first kappa shape index (κ1) is 18.7. The lowest BCUT2D eigenvalue weighted by Gasteiger charge is -2.18. The fourth-order valence-electron chi connectivity index (χ4n) is 1.78. The van der Waals surface area contributed by atoms with Crippen molar-refractivity contribution < 1.29 is 23.1 Å². The van der Waals surface area contributed by atoms with Gasteiger partial charge in [0.2, 0.25) is 5.91 Å². The molecule has 0 saturated heterocycles. The minimum absolute atomic E-state index is 0.0561. The molecule has 4 nitrogen and oxygen atoms in total. The molecule has 22 heavy (non-hydrogen) atoms. The lowest BCUT2D eigenvalue weighted by atomic mass is 10.1. The first-order chi connectivity index (χ1) is 10.1. The van der Waals surface area contributed by atoms with Gasteiger partial charge >= 0.3 is 6.18 Å². The number of likely N-dealkylation sites (N-methyl/N-ethyl adjacent to an activating group) is 1. The van der Waals surface area contributed by atoms with Crippen LogP contribution in [0.3, 0.4) is 0 Å². The number of nitrogens with one attached hydrogen (secondary N) is 1. The zero-order valence-electron chi connectivity index (χ0n) is 12.2. The summed E-state index contributed by atoms with van der Waals surface area (Å²) >= 11 is 5.57. The van der Waals surface area contributed by atoms with Crippen molar-refractivity contribution in [2.24, 2.45) is 0 Å². The summed E-state index contributed by atoms with van der Waals surface area (Å²) in [6, 6.07) is 3.18. The van der Waals surface area contributed by atoms with Crippen LogP contribution in [-0.4, -0.2) is 42.2 Å². The van der Waals surface area contributed by atoms with Crippen LogP contribution in [0.1, 0.15) is 18.9 Å². The average Bonchev–Trinajstić information content (AvgIpc) is 2.37. The van der Waals surface area contributed by atoms with Gasteiger partial charge in [0.1, 0.15) is 0 Å². The number of amides is 1. The predicted molar refractivity (Wildman–Crippen MR) is 78.9 cm³/mol. The molecule has 1 amide bonds. The average molecular weight is 339 g/mol. The molecule has 0 aliphatic heterocycles. The van der Waals surface area contributed by atoms with E-state index in [1.165, 1.54) is 6.07 Å². The molecule has 0 aliphatic rings.